The van der Waals surface area contributed by atoms with E-state index in [1.54, 1.807) is 26.6 Å². The molecule has 1 amide bonds. The molecule has 32 heavy (non-hydrogen) atoms. The molecule has 1 aromatic carbocycles. The molecule has 8 heteroatoms. The summed E-state index contributed by atoms with van der Waals surface area (Å²) < 4.78 is 16.6. The standard InChI is InChI=1S/C24H30N4O4/c1-5-17(2)28(14-19-7-6-8-21(30-3)23(19)31-4)15-22-27-20(16-32-22)24(29)26-13-18-9-11-25-12-10-18/h6-12,16-17H,5,13-15H2,1-4H3,(H,26,29). The molecule has 0 aliphatic heterocycles. The zero-order chi connectivity index (χ0) is 22.9. The van der Waals surface area contributed by atoms with Crippen molar-refractivity contribution in [3.63, 3.8) is 0 Å². The van der Waals surface area contributed by atoms with Crippen molar-refractivity contribution in [2.45, 2.75) is 45.9 Å². The van der Waals surface area contributed by atoms with Crippen LogP contribution in [-0.4, -0.2) is 41.0 Å². The van der Waals surface area contributed by atoms with Gasteiger partial charge in [-0.3, -0.25) is 14.7 Å². The number of aromatic nitrogens is 2. The molecule has 170 valence electrons. The van der Waals surface area contributed by atoms with Gasteiger partial charge in [0, 0.05) is 37.1 Å². The number of hydrogen-bond acceptors (Lipinski definition) is 7. The number of oxazole rings is 1. The number of methoxy groups -OCH3 is 2. The van der Waals surface area contributed by atoms with Crippen LogP contribution in [0.15, 0.2) is 53.4 Å². The molecule has 1 N–H and O–H groups in total. The van der Waals surface area contributed by atoms with Crippen molar-refractivity contribution >= 4 is 5.91 Å². The lowest BCUT2D eigenvalue weighted by molar-refractivity contribution is 0.0945. The SMILES string of the molecule is CCC(C)N(Cc1nc(C(=O)NCc2ccncc2)co1)Cc1cccc(OC)c1OC. The Hall–Kier alpha value is -3.39. The summed E-state index contributed by atoms with van der Waals surface area (Å²) in [5, 5.41) is 2.85. The van der Waals surface area contributed by atoms with Gasteiger partial charge in [0.2, 0.25) is 5.89 Å². The number of benzene rings is 1. The van der Waals surface area contributed by atoms with E-state index >= 15 is 0 Å². The van der Waals surface area contributed by atoms with Crippen molar-refractivity contribution in [3.8, 4) is 11.5 Å². The monoisotopic (exact) mass is 438 g/mol. The Morgan fingerprint density at radius 1 is 1.16 bits per heavy atom. The number of nitrogens with zero attached hydrogens (tertiary/aromatic N) is 3. The van der Waals surface area contributed by atoms with Gasteiger partial charge in [-0.2, -0.15) is 0 Å². The lowest BCUT2D eigenvalue weighted by Gasteiger charge is -2.28. The quantitative estimate of drug-likeness (QED) is 0.487. The summed E-state index contributed by atoms with van der Waals surface area (Å²) in [4.78, 5) is 23.1. The predicted octanol–water partition coefficient (Wildman–Crippen LogP) is 3.82. The van der Waals surface area contributed by atoms with E-state index in [4.69, 9.17) is 13.9 Å². The fourth-order valence-electron chi connectivity index (χ4n) is 3.36. The second kappa shape index (κ2) is 11.3. The highest BCUT2D eigenvalue weighted by Crippen LogP contribution is 2.32. The van der Waals surface area contributed by atoms with E-state index in [0.717, 1.165) is 17.5 Å². The number of amides is 1. The Morgan fingerprint density at radius 2 is 1.94 bits per heavy atom. The number of carbonyl (C=O) groups is 1. The second-order valence-corrected chi connectivity index (χ2v) is 7.48. The second-order valence-electron chi connectivity index (χ2n) is 7.48. The summed E-state index contributed by atoms with van der Waals surface area (Å²) in [5.41, 5.74) is 2.23. The Morgan fingerprint density at radius 3 is 2.62 bits per heavy atom. The van der Waals surface area contributed by atoms with E-state index in [0.29, 0.717) is 37.0 Å². The third kappa shape index (κ3) is 5.85. The molecule has 0 fully saturated rings. The fraction of sp³-hybridized carbons (Fsp3) is 0.375. The molecular weight excluding hydrogens is 408 g/mol. The van der Waals surface area contributed by atoms with Crippen LogP contribution in [0.5, 0.6) is 11.5 Å². The van der Waals surface area contributed by atoms with Crippen LogP contribution in [0, 0.1) is 0 Å². The molecule has 0 bridgehead atoms. The van der Waals surface area contributed by atoms with Crippen molar-refractivity contribution in [2.75, 3.05) is 14.2 Å². The molecule has 2 heterocycles. The Balaban J connectivity index is 1.69. The Labute approximate surface area is 188 Å². The summed E-state index contributed by atoms with van der Waals surface area (Å²) in [6, 6.07) is 9.81. The number of carbonyl (C=O) groups excluding carboxylic acids is 1. The Kier molecular flexibility index (Phi) is 8.21. The third-order valence-electron chi connectivity index (χ3n) is 5.40. The van der Waals surface area contributed by atoms with Crippen molar-refractivity contribution in [1.82, 2.24) is 20.2 Å². The highest BCUT2D eigenvalue weighted by Gasteiger charge is 2.20. The van der Waals surface area contributed by atoms with Gasteiger partial charge < -0.3 is 19.2 Å². The number of pyridine rings is 1. The maximum Gasteiger partial charge on any atom is 0.273 e. The molecule has 0 radical (unpaired) electrons. The lowest BCUT2D eigenvalue weighted by Crippen LogP contribution is -2.32. The van der Waals surface area contributed by atoms with E-state index in [2.05, 4.69) is 34.0 Å². The number of hydrogen-bond donors (Lipinski definition) is 1. The summed E-state index contributed by atoms with van der Waals surface area (Å²) in [6.07, 6.45) is 5.73. The van der Waals surface area contributed by atoms with Gasteiger partial charge in [0.15, 0.2) is 17.2 Å². The summed E-state index contributed by atoms with van der Waals surface area (Å²) in [5.74, 6) is 1.62. The molecule has 3 rings (SSSR count). The average Bonchev–Trinajstić information content (AvgIpc) is 3.30. The first-order valence-corrected chi connectivity index (χ1v) is 10.6. The van der Waals surface area contributed by atoms with Crippen molar-refractivity contribution in [3.05, 3.63) is 71.7 Å². The molecule has 1 atom stereocenters. The molecule has 8 nitrogen and oxygen atoms in total. The maximum absolute atomic E-state index is 12.5. The minimum Gasteiger partial charge on any atom is -0.493 e. The van der Waals surface area contributed by atoms with Crippen LogP contribution >= 0.6 is 0 Å². The third-order valence-corrected chi connectivity index (χ3v) is 5.40. The van der Waals surface area contributed by atoms with Gasteiger partial charge in [0.25, 0.3) is 5.91 Å². The van der Waals surface area contributed by atoms with Crippen LogP contribution in [-0.2, 0) is 19.6 Å². The highest BCUT2D eigenvalue weighted by molar-refractivity contribution is 5.91. The molecule has 0 spiro atoms. The van der Waals surface area contributed by atoms with E-state index < -0.39 is 0 Å². The highest BCUT2D eigenvalue weighted by atomic mass is 16.5. The molecule has 0 saturated heterocycles. The van der Waals surface area contributed by atoms with Gasteiger partial charge in [-0.25, -0.2) is 4.98 Å². The Bertz CT molecular complexity index is 1010. The number of rotatable bonds is 11. The van der Waals surface area contributed by atoms with E-state index in [1.165, 1.54) is 6.26 Å². The minimum atomic E-state index is -0.277. The zero-order valence-electron chi connectivity index (χ0n) is 19.0. The van der Waals surface area contributed by atoms with Crippen LogP contribution < -0.4 is 14.8 Å². The van der Waals surface area contributed by atoms with Crippen LogP contribution in [0.2, 0.25) is 0 Å². The van der Waals surface area contributed by atoms with Crippen LogP contribution in [0.3, 0.4) is 0 Å². The first kappa shape index (κ1) is 23.3. The fourth-order valence-corrected chi connectivity index (χ4v) is 3.36. The molecule has 0 saturated carbocycles. The molecule has 2 aromatic heterocycles. The lowest BCUT2D eigenvalue weighted by atomic mass is 10.1. The van der Waals surface area contributed by atoms with Crippen molar-refractivity contribution in [2.24, 2.45) is 0 Å². The number of nitrogens with one attached hydrogen (secondary N) is 1. The average molecular weight is 439 g/mol. The molecular formula is C24H30N4O4. The van der Waals surface area contributed by atoms with Gasteiger partial charge >= 0.3 is 0 Å². The van der Waals surface area contributed by atoms with E-state index in [9.17, 15) is 4.79 Å². The van der Waals surface area contributed by atoms with Crippen molar-refractivity contribution in [1.29, 1.82) is 0 Å². The van der Waals surface area contributed by atoms with Gasteiger partial charge in [-0.15, -0.1) is 0 Å². The minimum absolute atomic E-state index is 0.261. The van der Waals surface area contributed by atoms with E-state index in [1.807, 2.05) is 30.3 Å². The molecule has 1 unspecified atom stereocenters. The van der Waals surface area contributed by atoms with Gasteiger partial charge in [0.1, 0.15) is 6.26 Å². The normalized spacial score (nSPS) is 11.9. The van der Waals surface area contributed by atoms with Crippen molar-refractivity contribution < 1.29 is 18.7 Å². The summed E-state index contributed by atoms with van der Waals surface area (Å²) in [7, 11) is 3.27. The van der Waals surface area contributed by atoms with Crippen LogP contribution in [0.4, 0.5) is 0 Å². The summed E-state index contributed by atoms with van der Waals surface area (Å²) >= 11 is 0. The number of para-hydroxylation sites is 1. The van der Waals surface area contributed by atoms with Gasteiger partial charge in [0.05, 0.1) is 20.8 Å². The van der Waals surface area contributed by atoms with E-state index in [-0.39, 0.29) is 17.6 Å². The van der Waals surface area contributed by atoms with Crippen LogP contribution in [0.25, 0.3) is 0 Å². The molecule has 3 aromatic rings. The van der Waals surface area contributed by atoms with Gasteiger partial charge in [-0.1, -0.05) is 19.1 Å². The number of ether oxygens (including phenoxy) is 2. The molecule has 0 aliphatic rings. The van der Waals surface area contributed by atoms with Crippen LogP contribution in [0.1, 0.15) is 47.8 Å². The smallest absolute Gasteiger partial charge is 0.273 e. The first-order chi connectivity index (χ1) is 15.5. The zero-order valence-corrected chi connectivity index (χ0v) is 19.0. The summed E-state index contributed by atoms with van der Waals surface area (Å²) in [6.45, 7) is 5.78. The maximum atomic E-state index is 12.5. The van der Waals surface area contributed by atoms with Gasteiger partial charge in [-0.05, 0) is 37.1 Å². The predicted molar refractivity (Wildman–Crippen MR) is 120 cm³/mol. The first-order valence-electron chi connectivity index (χ1n) is 10.6. The largest absolute Gasteiger partial charge is 0.493 e. The molecule has 0 aliphatic carbocycles. The topological polar surface area (TPSA) is 89.7 Å².